The number of guanidine groups is 1. The first-order valence-electron chi connectivity index (χ1n) is 11.3. The smallest absolute Gasteiger partial charge is 0.191 e. The molecule has 0 saturated carbocycles. The fourth-order valence-corrected chi connectivity index (χ4v) is 4.09. The molecule has 0 bridgehead atoms. The maximum Gasteiger partial charge on any atom is 0.191 e. The normalized spacial score (nSPS) is 14.9. The van der Waals surface area contributed by atoms with Gasteiger partial charge in [-0.25, -0.2) is 9.37 Å². The number of aliphatic imine (C=N–C) groups is 1. The van der Waals surface area contributed by atoms with Gasteiger partial charge in [0.1, 0.15) is 11.6 Å². The number of H-pyrrole nitrogens is 1. The van der Waals surface area contributed by atoms with Gasteiger partial charge >= 0.3 is 0 Å². The third-order valence-electron chi connectivity index (χ3n) is 6.05. The molecule has 3 heterocycles. The molecular formula is C24H33FIN7. The Labute approximate surface area is 211 Å². The summed E-state index contributed by atoms with van der Waals surface area (Å²) in [5.41, 5.74) is 3.09. The van der Waals surface area contributed by atoms with Crippen molar-refractivity contribution in [2.75, 3.05) is 51.2 Å². The van der Waals surface area contributed by atoms with Crippen LogP contribution in [0, 0.1) is 5.82 Å². The van der Waals surface area contributed by atoms with Crippen LogP contribution in [-0.4, -0.2) is 67.1 Å². The van der Waals surface area contributed by atoms with Gasteiger partial charge in [0.25, 0.3) is 0 Å². The van der Waals surface area contributed by atoms with Gasteiger partial charge in [0.2, 0.25) is 0 Å². The highest BCUT2D eigenvalue weighted by atomic mass is 127. The summed E-state index contributed by atoms with van der Waals surface area (Å²) in [5.74, 6) is 1.57. The minimum atomic E-state index is -0.227. The Hall–Kier alpha value is -2.40. The van der Waals surface area contributed by atoms with Gasteiger partial charge in [0, 0.05) is 69.6 Å². The Balaban J connectivity index is 0.00000306. The number of nitrogens with one attached hydrogen (secondary N) is 3. The molecule has 33 heavy (non-hydrogen) atoms. The Morgan fingerprint density at radius 1 is 1.15 bits per heavy atom. The fourth-order valence-electron chi connectivity index (χ4n) is 4.09. The molecule has 3 N–H and O–H groups in total. The van der Waals surface area contributed by atoms with E-state index in [0.717, 1.165) is 79.5 Å². The van der Waals surface area contributed by atoms with Gasteiger partial charge in [0.05, 0.1) is 0 Å². The predicted molar refractivity (Wildman–Crippen MR) is 144 cm³/mol. The van der Waals surface area contributed by atoms with Crippen LogP contribution in [-0.2, 0) is 13.0 Å². The number of rotatable bonds is 7. The van der Waals surface area contributed by atoms with E-state index in [1.54, 1.807) is 7.05 Å². The molecule has 4 rings (SSSR count). The number of likely N-dealkylation sites (N-methyl/N-ethyl adjacent to an activating group) is 1. The van der Waals surface area contributed by atoms with Crippen LogP contribution in [0.15, 0.2) is 47.7 Å². The summed E-state index contributed by atoms with van der Waals surface area (Å²) in [7, 11) is 1.76. The quantitative estimate of drug-likeness (QED) is 0.233. The second kappa shape index (κ2) is 12.2. The van der Waals surface area contributed by atoms with Crippen LogP contribution < -0.4 is 15.5 Å². The molecule has 178 valence electrons. The topological polar surface area (TPSA) is 71.6 Å². The summed E-state index contributed by atoms with van der Waals surface area (Å²) in [6, 6.07) is 9.08. The summed E-state index contributed by atoms with van der Waals surface area (Å²) in [5, 5.41) is 7.74. The van der Waals surface area contributed by atoms with Crippen molar-refractivity contribution in [3.63, 3.8) is 0 Å². The van der Waals surface area contributed by atoms with Crippen LogP contribution in [0.1, 0.15) is 18.1 Å². The molecule has 1 aliphatic heterocycles. The van der Waals surface area contributed by atoms with Crippen molar-refractivity contribution in [3.8, 4) is 0 Å². The Kier molecular flexibility index (Phi) is 9.30. The summed E-state index contributed by atoms with van der Waals surface area (Å²) < 4.78 is 13.4. The molecular weight excluding hydrogens is 532 g/mol. The number of piperazine rings is 1. The Bertz CT molecular complexity index is 1040. The molecule has 0 spiro atoms. The molecule has 2 aromatic heterocycles. The fraction of sp³-hybridized carbons (Fsp3) is 0.417. The number of anilines is 1. The summed E-state index contributed by atoms with van der Waals surface area (Å²) in [4.78, 5) is 16.9. The third-order valence-corrected chi connectivity index (χ3v) is 6.05. The Morgan fingerprint density at radius 2 is 1.97 bits per heavy atom. The molecule has 0 amide bonds. The highest BCUT2D eigenvalue weighted by Crippen LogP contribution is 2.19. The highest BCUT2D eigenvalue weighted by molar-refractivity contribution is 14.0. The van der Waals surface area contributed by atoms with Gasteiger partial charge in [0.15, 0.2) is 5.96 Å². The van der Waals surface area contributed by atoms with Crippen LogP contribution in [0.4, 0.5) is 10.2 Å². The molecule has 0 unspecified atom stereocenters. The maximum atomic E-state index is 13.4. The number of aromatic amines is 1. The zero-order valence-electron chi connectivity index (χ0n) is 19.3. The molecule has 0 radical (unpaired) electrons. The van der Waals surface area contributed by atoms with E-state index in [2.05, 4.69) is 54.5 Å². The first kappa shape index (κ1) is 25.2. The number of nitrogens with zero attached hydrogens (tertiary/aromatic N) is 4. The minimum Gasteiger partial charge on any atom is -0.361 e. The number of aromatic nitrogens is 2. The van der Waals surface area contributed by atoms with E-state index in [4.69, 9.17) is 0 Å². The van der Waals surface area contributed by atoms with Crippen molar-refractivity contribution in [2.45, 2.75) is 19.9 Å². The van der Waals surface area contributed by atoms with Crippen molar-refractivity contribution in [1.29, 1.82) is 0 Å². The van der Waals surface area contributed by atoms with E-state index in [-0.39, 0.29) is 29.8 Å². The number of halogens is 2. The van der Waals surface area contributed by atoms with Crippen LogP contribution >= 0.6 is 24.0 Å². The van der Waals surface area contributed by atoms with E-state index in [0.29, 0.717) is 6.54 Å². The lowest BCUT2D eigenvalue weighted by molar-refractivity contribution is 0.270. The summed E-state index contributed by atoms with van der Waals surface area (Å²) in [6.07, 6.45) is 4.69. The average molecular weight is 565 g/mol. The molecule has 0 atom stereocenters. The minimum absolute atomic E-state index is 0. The zero-order chi connectivity index (χ0) is 22.3. The molecule has 9 heteroatoms. The van der Waals surface area contributed by atoms with Crippen molar-refractivity contribution in [2.24, 2.45) is 4.99 Å². The number of fused-ring (bicyclic) bond motifs is 1. The van der Waals surface area contributed by atoms with Crippen LogP contribution in [0.3, 0.4) is 0 Å². The highest BCUT2D eigenvalue weighted by Gasteiger charge is 2.16. The molecule has 1 saturated heterocycles. The van der Waals surface area contributed by atoms with Crippen LogP contribution in [0.2, 0.25) is 0 Å². The standard InChI is InChI=1S/C24H32FN7.HI/c1-3-31-10-12-32(13-11-31)23-7-4-18(15-29-23)16-30-24(26-2)27-9-8-19-17-28-22-14-20(25)5-6-21(19)22;/h4-7,14-15,17,28H,3,8-13,16H2,1-2H3,(H2,26,27,30);1H. The van der Waals surface area contributed by atoms with Gasteiger partial charge in [-0.1, -0.05) is 13.0 Å². The van der Waals surface area contributed by atoms with Gasteiger partial charge in [-0.05, 0) is 48.4 Å². The van der Waals surface area contributed by atoms with E-state index < -0.39 is 0 Å². The van der Waals surface area contributed by atoms with E-state index >= 15 is 0 Å². The second-order valence-corrected chi connectivity index (χ2v) is 8.05. The number of benzene rings is 1. The number of hydrogen-bond donors (Lipinski definition) is 3. The lowest BCUT2D eigenvalue weighted by Gasteiger charge is -2.34. The van der Waals surface area contributed by atoms with Crippen molar-refractivity contribution in [1.82, 2.24) is 25.5 Å². The zero-order valence-corrected chi connectivity index (χ0v) is 21.6. The second-order valence-electron chi connectivity index (χ2n) is 8.05. The summed E-state index contributed by atoms with van der Waals surface area (Å²) >= 11 is 0. The van der Waals surface area contributed by atoms with Crippen LogP contribution in [0.25, 0.3) is 10.9 Å². The molecule has 1 fully saturated rings. The molecule has 1 aliphatic rings. The van der Waals surface area contributed by atoms with E-state index in [1.807, 2.05) is 18.5 Å². The lowest BCUT2D eigenvalue weighted by Crippen LogP contribution is -2.46. The molecule has 0 aliphatic carbocycles. The first-order chi connectivity index (χ1) is 15.7. The third kappa shape index (κ3) is 6.57. The Morgan fingerprint density at radius 3 is 2.67 bits per heavy atom. The van der Waals surface area contributed by atoms with Gasteiger partial charge < -0.3 is 25.4 Å². The molecule has 3 aromatic rings. The number of hydrogen-bond acceptors (Lipinski definition) is 4. The monoisotopic (exact) mass is 565 g/mol. The van der Waals surface area contributed by atoms with Gasteiger partial charge in [-0.15, -0.1) is 24.0 Å². The molecule has 7 nitrogen and oxygen atoms in total. The first-order valence-corrected chi connectivity index (χ1v) is 11.3. The van der Waals surface area contributed by atoms with Crippen molar-refractivity contribution < 1.29 is 4.39 Å². The van der Waals surface area contributed by atoms with Gasteiger partial charge in [-0.3, -0.25) is 4.99 Å². The largest absolute Gasteiger partial charge is 0.361 e. The SMILES string of the molecule is CCN1CCN(c2ccc(CNC(=NC)NCCc3c[nH]c4cc(F)ccc34)cn2)CC1.I. The van der Waals surface area contributed by atoms with Gasteiger partial charge in [-0.2, -0.15) is 0 Å². The number of pyridine rings is 1. The maximum absolute atomic E-state index is 13.4. The van der Waals surface area contributed by atoms with Crippen molar-refractivity contribution >= 4 is 46.7 Å². The van der Waals surface area contributed by atoms with E-state index in [9.17, 15) is 4.39 Å². The summed E-state index contributed by atoms with van der Waals surface area (Å²) in [6.45, 7) is 8.96. The lowest BCUT2D eigenvalue weighted by atomic mass is 10.1. The van der Waals surface area contributed by atoms with Crippen molar-refractivity contribution in [3.05, 3.63) is 59.7 Å². The predicted octanol–water partition coefficient (Wildman–Crippen LogP) is 3.37. The molecule has 1 aromatic carbocycles. The average Bonchev–Trinajstić information content (AvgIpc) is 3.23. The van der Waals surface area contributed by atoms with E-state index in [1.165, 1.54) is 12.1 Å². The van der Waals surface area contributed by atoms with Crippen LogP contribution in [0.5, 0.6) is 0 Å².